The van der Waals surface area contributed by atoms with Gasteiger partial charge >= 0.3 is 0 Å². The second-order valence-corrected chi connectivity index (χ2v) is 4.36. The molecule has 0 fully saturated rings. The number of hydrogen-bond donors (Lipinski definition) is 0. The predicted molar refractivity (Wildman–Crippen MR) is 64.9 cm³/mol. The fraction of sp³-hybridized carbons (Fsp3) is 0.583. The number of nitrogens with zero attached hydrogens (tertiary/aromatic N) is 1. The summed E-state index contributed by atoms with van der Waals surface area (Å²) in [5.74, 6) is 0.652. The van der Waals surface area contributed by atoms with Crippen LogP contribution in [0.25, 0.3) is 0 Å². The largest absolute Gasteiger partial charge is 0.261 e. The molecule has 0 saturated heterocycles. The first kappa shape index (κ1) is 11.7. The van der Waals surface area contributed by atoms with Gasteiger partial charge in [0, 0.05) is 23.1 Å². The lowest BCUT2D eigenvalue weighted by Crippen LogP contribution is -2.01. The van der Waals surface area contributed by atoms with Crippen LogP contribution in [-0.2, 0) is 0 Å². The van der Waals surface area contributed by atoms with Crippen molar-refractivity contribution >= 4 is 15.9 Å². The lowest BCUT2D eigenvalue weighted by molar-refractivity contribution is 0.551. The molecule has 0 saturated carbocycles. The third kappa shape index (κ3) is 3.79. The minimum Gasteiger partial charge on any atom is -0.261 e. The molecule has 0 amide bonds. The molecule has 0 bridgehead atoms. The zero-order valence-corrected chi connectivity index (χ0v) is 10.3. The molecule has 2 heteroatoms. The van der Waals surface area contributed by atoms with Gasteiger partial charge in [-0.2, -0.15) is 0 Å². The highest BCUT2D eigenvalue weighted by Gasteiger charge is 2.10. The number of alkyl halides is 1. The van der Waals surface area contributed by atoms with E-state index in [9.17, 15) is 0 Å². The van der Waals surface area contributed by atoms with Crippen molar-refractivity contribution in [3.63, 3.8) is 0 Å². The van der Waals surface area contributed by atoms with E-state index in [4.69, 9.17) is 0 Å². The highest BCUT2D eigenvalue weighted by Crippen LogP contribution is 2.24. The maximum Gasteiger partial charge on any atom is 0.0434 e. The summed E-state index contributed by atoms with van der Waals surface area (Å²) >= 11 is 3.48. The first-order valence-corrected chi connectivity index (χ1v) is 6.47. The molecule has 1 heterocycles. The van der Waals surface area contributed by atoms with Gasteiger partial charge in [0.15, 0.2) is 0 Å². The van der Waals surface area contributed by atoms with Crippen molar-refractivity contribution in [1.29, 1.82) is 0 Å². The van der Waals surface area contributed by atoms with Crippen molar-refractivity contribution in [3.8, 4) is 0 Å². The molecule has 0 spiro atoms. The molecule has 0 aromatic carbocycles. The van der Waals surface area contributed by atoms with Crippen LogP contribution in [0.1, 0.15) is 44.2 Å². The van der Waals surface area contributed by atoms with Gasteiger partial charge in [-0.25, -0.2) is 0 Å². The van der Waals surface area contributed by atoms with Crippen LogP contribution in [0.4, 0.5) is 0 Å². The molecule has 0 aliphatic heterocycles. The van der Waals surface area contributed by atoms with E-state index in [1.165, 1.54) is 31.4 Å². The summed E-state index contributed by atoms with van der Waals surface area (Å²) in [5, 5.41) is 1.10. The van der Waals surface area contributed by atoms with Gasteiger partial charge in [0.25, 0.3) is 0 Å². The molecule has 0 N–H and O–H groups in total. The SMILES string of the molecule is CCCC(CCCBr)c1ccccn1. The average molecular weight is 256 g/mol. The van der Waals surface area contributed by atoms with E-state index in [0.717, 1.165) is 5.33 Å². The Morgan fingerprint density at radius 3 is 2.79 bits per heavy atom. The summed E-state index contributed by atoms with van der Waals surface area (Å²) in [6.45, 7) is 2.24. The number of halogens is 1. The van der Waals surface area contributed by atoms with Crippen molar-refractivity contribution in [1.82, 2.24) is 4.98 Å². The molecule has 1 aromatic rings. The van der Waals surface area contributed by atoms with Gasteiger partial charge in [-0.3, -0.25) is 4.98 Å². The summed E-state index contributed by atoms with van der Waals surface area (Å²) < 4.78 is 0. The van der Waals surface area contributed by atoms with Gasteiger partial charge in [0.05, 0.1) is 0 Å². The summed E-state index contributed by atoms with van der Waals surface area (Å²) in [7, 11) is 0. The van der Waals surface area contributed by atoms with Crippen LogP contribution in [0.3, 0.4) is 0 Å². The van der Waals surface area contributed by atoms with Gasteiger partial charge in [-0.15, -0.1) is 0 Å². The second-order valence-electron chi connectivity index (χ2n) is 3.57. The standard InChI is InChI=1S/C12H18BrN/c1-2-6-11(7-5-9-13)12-8-3-4-10-14-12/h3-4,8,10-11H,2,5-7,9H2,1H3. The lowest BCUT2D eigenvalue weighted by Gasteiger charge is -2.14. The van der Waals surface area contributed by atoms with Crippen LogP contribution >= 0.6 is 15.9 Å². The van der Waals surface area contributed by atoms with Crippen molar-refractivity contribution in [2.45, 2.75) is 38.5 Å². The molecule has 1 nitrogen and oxygen atoms in total. The zero-order chi connectivity index (χ0) is 10.2. The smallest absolute Gasteiger partial charge is 0.0434 e. The maximum absolute atomic E-state index is 4.44. The Balaban J connectivity index is 2.58. The second kappa shape index (κ2) is 6.99. The molecule has 14 heavy (non-hydrogen) atoms. The minimum absolute atomic E-state index is 0.652. The molecule has 0 radical (unpaired) electrons. The normalized spacial score (nSPS) is 12.7. The molecular formula is C12H18BrN. The van der Waals surface area contributed by atoms with E-state index >= 15 is 0 Å². The molecule has 1 aromatic heterocycles. The van der Waals surface area contributed by atoms with Gasteiger partial charge in [0.2, 0.25) is 0 Å². The fourth-order valence-corrected chi connectivity index (χ4v) is 2.05. The molecule has 0 aliphatic rings. The first-order valence-electron chi connectivity index (χ1n) is 5.35. The van der Waals surface area contributed by atoms with Crippen molar-refractivity contribution < 1.29 is 0 Å². The average Bonchev–Trinajstić information content (AvgIpc) is 2.25. The molecule has 78 valence electrons. The molecule has 1 unspecified atom stereocenters. The van der Waals surface area contributed by atoms with Crippen molar-refractivity contribution in [2.24, 2.45) is 0 Å². The predicted octanol–water partition coefficient (Wildman–Crippen LogP) is 4.14. The number of aromatic nitrogens is 1. The Morgan fingerprint density at radius 1 is 1.36 bits per heavy atom. The molecular weight excluding hydrogens is 238 g/mol. The maximum atomic E-state index is 4.44. The molecule has 1 atom stereocenters. The van der Waals surface area contributed by atoms with E-state index in [1.54, 1.807) is 0 Å². The van der Waals surface area contributed by atoms with E-state index in [-0.39, 0.29) is 0 Å². The summed E-state index contributed by atoms with van der Waals surface area (Å²) in [4.78, 5) is 4.44. The monoisotopic (exact) mass is 255 g/mol. The van der Waals surface area contributed by atoms with Crippen LogP contribution in [-0.4, -0.2) is 10.3 Å². The Bertz CT molecular complexity index is 235. The minimum atomic E-state index is 0.652. The van der Waals surface area contributed by atoms with E-state index in [2.05, 4.69) is 40.0 Å². The molecule has 0 aliphatic carbocycles. The van der Waals surface area contributed by atoms with Crippen molar-refractivity contribution in [2.75, 3.05) is 5.33 Å². The third-order valence-electron chi connectivity index (χ3n) is 2.43. The Hall–Kier alpha value is -0.370. The summed E-state index contributed by atoms with van der Waals surface area (Å²) in [6, 6.07) is 6.21. The Kier molecular flexibility index (Phi) is 5.85. The van der Waals surface area contributed by atoms with E-state index in [1.807, 2.05) is 12.3 Å². The van der Waals surface area contributed by atoms with Gasteiger partial charge in [0.1, 0.15) is 0 Å². The quantitative estimate of drug-likeness (QED) is 0.697. The van der Waals surface area contributed by atoms with E-state index < -0.39 is 0 Å². The van der Waals surface area contributed by atoms with Crippen LogP contribution in [0.5, 0.6) is 0 Å². The summed E-state index contributed by atoms with van der Waals surface area (Å²) in [6.07, 6.45) is 6.87. The van der Waals surface area contributed by atoms with Gasteiger partial charge in [-0.05, 0) is 31.4 Å². The van der Waals surface area contributed by atoms with Crippen molar-refractivity contribution in [3.05, 3.63) is 30.1 Å². The summed E-state index contributed by atoms with van der Waals surface area (Å²) in [5.41, 5.74) is 1.26. The number of pyridine rings is 1. The third-order valence-corrected chi connectivity index (χ3v) is 2.99. The van der Waals surface area contributed by atoms with Crippen LogP contribution < -0.4 is 0 Å². The topological polar surface area (TPSA) is 12.9 Å². The van der Waals surface area contributed by atoms with Crippen LogP contribution in [0, 0.1) is 0 Å². The Labute approximate surface area is 95.1 Å². The highest BCUT2D eigenvalue weighted by molar-refractivity contribution is 9.09. The van der Waals surface area contributed by atoms with Crippen LogP contribution in [0.15, 0.2) is 24.4 Å². The van der Waals surface area contributed by atoms with Gasteiger partial charge < -0.3 is 0 Å². The lowest BCUT2D eigenvalue weighted by atomic mass is 9.94. The Morgan fingerprint density at radius 2 is 2.21 bits per heavy atom. The zero-order valence-electron chi connectivity index (χ0n) is 8.75. The first-order chi connectivity index (χ1) is 6.88. The molecule has 1 rings (SSSR count). The fourth-order valence-electron chi connectivity index (χ4n) is 1.73. The van der Waals surface area contributed by atoms with Gasteiger partial charge in [-0.1, -0.05) is 35.3 Å². The van der Waals surface area contributed by atoms with Crippen LogP contribution in [0.2, 0.25) is 0 Å². The highest BCUT2D eigenvalue weighted by atomic mass is 79.9. The van der Waals surface area contributed by atoms with E-state index in [0.29, 0.717) is 5.92 Å². The number of hydrogen-bond acceptors (Lipinski definition) is 1. The number of rotatable bonds is 6.